The number of fused-ring (bicyclic) bond motifs is 2. The third kappa shape index (κ3) is 3.29. The third-order valence-electron chi connectivity index (χ3n) is 5.15. The van der Waals surface area contributed by atoms with E-state index in [2.05, 4.69) is 22.5 Å². The average molecular weight is 350 g/mol. The van der Waals surface area contributed by atoms with E-state index >= 15 is 0 Å². The molecule has 1 aromatic carbocycles. The molecule has 4 rings (SSSR count). The predicted molar refractivity (Wildman–Crippen MR) is 99.5 cm³/mol. The van der Waals surface area contributed by atoms with E-state index in [4.69, 9.17) is 9.47 Å². The summed E-state index contributed by atoms with van der Waals surface area (Å²) < 4.78 is 11.1. The fourth-order valence-electron chi connectivity index (χ4n) is 3.80. The van der Waals surface area contributed by atoms with E-state index in [-0.39, 0.29) is 11.8 Å². The van der Waals surface area contributed by atoms with Crippen LogP contribution in [0.3, 0.4) is 0 Å². The van der Waals surface area contributed by atoms with Crippen molar-refractivity contribution in [3.05, 3.63) is 54.2 Å². The number of ether oxygens (including phenoxy) is 2. The second-order valence-corrected chi connectivity index (χ2v) is 7.02. The highest BCUT2D eigenvalue weighted by Crippen LogP contribution is 2.43. The van der Waals surface area contributed by atoms with Crippen molar-refractivity contribution in [1.82, 2.24) is 4.98 Å². The van der Waals surface area contributed by atoms with E-state index < -0.39 is 0 Å². The highest BCUT2D eigenvalue weighted by atomic mass is 16.5. The molecule has 2 aliphatic carbocycles. The Morgan fingerprint density at radius 3 is 2.69 bits per heavy atom. The van der Waals surface area contributed by atoms with Crippen LogP contribution in [0.1, 0.15) is 18.4 Å². The summed E-state index contributed by atoms with van der Waals surface area (Å²) in [5.74, 6) is 2.85. The van der Waals surface area contributed by atoms with Crippen molar-refractivity contribution in [3.8, 4) is 17.4 Å². The number of nitrogens with zero attached hydrogens (tertiary/aromatic N) is 1. The van der Waals surface area contributed by atoms with Gasteiger partial charge in [0.2, 0.25) is 11.8 Å². The fourth-order valence-corrected chi connectivity index (χ4v) is 3.80. The maximum Gasteiger partial charge on any atom is 0.228 e. The van der Waals surface area contributed by atoms with E-state index in [0.29, 0.717) is 34.9 Å². The largest absolute Gasteiger partial charge is 0.493 e. The van der Waals surface area contributed by atoms with E-state index in [1.807, 2.05) is 31.2 Å². The van der Waals surface area contributed by atoms with Gasteiger partial charge in [-0.25, -0.2) is 4.98 Å². The normalized spacial score (nSPS) is 23.1. The first-order chi connectivity index (χ1) is 12.6. The van der Waals surface area contributed by atoms with Gasteiger partial charge in [-0.1, -0.05) is 18.2 Å². The Balaban J connectivity index is 1.41. The number of anilines is 1. The lowest BCUT2D eigenvalue weighted by Crippen LogP contribution is -2.25. The zero-order chi connectivity index (χ0) is 18.1. The Morgan fingerprint density at radius 1 is 1.15 bits per heavy atom. The molecule has 1 fully saturated rings. The van der Waals surface area contributed by atoms with Crippen LogP contribution in [0, 0.1) is 24.7 Å². The summed E-state index contributed by atoms with van der Waals surface area (Å²) in [5.41, 5.74) is 1.78. The molecule has 1 heterocycles. The lowest BCUT2D eigenvalue weighted by molar-refractivity contribution is -0.120. The number of carbonyl (C=O) groups excluding carboxylic acids is 1. The van der Waals surface area contributed by atoms with Gasteiger partial charge in [-0.3, -0.25) is 4.79 Å². The molecular weight excluding hydrogens is 328 g/mol. The molecule has 2 aliphatic rings. The standard InChI is InChI=1S/C21H22N2O3/c1-13-3-7-18(19(9-13)25-2)26-20-8-6-16(12-22-20)23-21(24)17-11-14-4-5-15(17)10-14/h3-9,12,14-15,17H,10-11H2,1-2H3,(H,23,24)/t14-,15-,17-/m0/s1. The first-order valence-corrected chi connectivity index (χ1v) is 8.90. The molecule has 134 valence electrons. The maximum atomic E-state index is 12.5. The van der Waals surface area contributed by atoms with Crippen LogP contribution in [-0.2, 0) is 4.79 Å². The Morgan fingerprint density at radius 2 is 2.04 bits per heavy atom. The van der Waals surface area contributed by atoms with Crippen LogP contribution in [0.2, 0.25) is 0 Å². The second kappa shape index (κ2) is 6.83. The van der Waals surface area contributed by atoms with Gasteiger partial charge in [0.25, 0.3) is 0 Å². The van der Waals surface area contributed by atoms with Crippen molar-refractivity contribution in [1.29, 1.82) is 0 Å². The minimum atomic E-state index is 0.0810. The minimum Gasteiger partial charge on any atom is -0.493 e. The van der Waals surface area contributed by atoms with E-state index in [0.717, 1.165) is 18.4 Å². The monoisotopic (exact) mass is 350 g/mol. The molecule has 0 unspecified atom stereocenters. The van der Waals surface area contributed by atoms with Gasteiger partial charge in [0.1, 0.15) is 0 Å². The molecule has 1 N–H and O–H groups in total. The van der Waals surface area contributed by atoms with Gasteiger partial charge >= 0.3 is 0 Å². The number of nitrogens with one attached hydrogen (secondary N) is 1. The lowest BCUT2D eigenvalue weighted by atomic mass is 9.93. The topological polar surface area (TPSA) is 60.5 Å². The summed E-state index contributed by atoms with van der Waals surface area (Å²) in [6.07, 6.45) is 8.11. The number of hydrogen-bond acceptors (Lipinski definition) is 4. The highest BCUT2D eigenvalue weighted by Gasteiger charge is 2.39. The summed E-state index contributed by atoms with van der Waals surface area (Å²) in [6, 6.07) is 9.28. The number of carbonyl (C=O) groups is 1. The fraction of sp³-hybridized carbons (Fsp3) is 0.333. The molecule has 1 amide bonds. The third-order valence-corrected chi connectivity index (χ3v) is 5.15. The van der Waals surface area contributed by atoms with Crippen molar-refractivity contribution in [2.45, 2.75) is 19.8 Å². The lowest BCUT2D eigenvalue weighted by Gasteiger charge is -2.17. The van der Waals surface area contributed by atoms with E-state index in [9.17, 15) is 4.79 Å². The van der Waals surface area contributed by atoms with Crippen LogP contribution in [0.15, 0.2) is 48.7 Å². The molecule has 26 heavy (non-hydrogen) atoms. The molecule has 0 aliphatic heterocycles. The number of amides is 1. The Hall–Kier alpha value is -2.82. The van der Waals surface area contributed by atoms with Gasteiger partial charge in [-0.15, -0.1) is 0 Å². The number of pyridine rings is 1. The van der Waals surface area contributed by atoms with Crippen LogP contribution in [0.25, 0.3) is 0 Å². The SMILES string of the molecule is COc1cc(C)ccc1Oc1ccc(NC(=O)[C@H]2C[C@H]3C=C[C@H]2C3)cn1. The first-order valence-electron chi connectivity index (χ1n) is 8.90. The van der Waals surface area contributed by atoms with Crippen LogP contribution >= 0.6 is 0 Å². The van der Waals surface area contributed by atoms with Gasteiger partial charge in [0.05, 0.1) is 19.0 Å². The number of aryl methyl sites for hydroxylation is 1. The first kappa shape index (κ1) is 16.6. The number of allylic oxidation sites excluding steroid dienone is 2. The van der Waals surface area contributed by atoms with Crippen molar-refractivity contribution in [3.63, 3.8) is 0 Å². The molecule has 3 atom stereocenters. The van der Waals surface area contributed by atoms with Crippen molar-refractivity contribution in [2.75, 3.05) is 12.4 Å². The molecule has 2 bridgehead atoms. The van der Waals surface area contributed by atoms with Gasteiger partial charge in [0, 0.05) is 12.0 Å². The highest BCUT2D eigenvalue weighted by molar-refractivity contribution is 5.93. The second-order valence-electron chi connectivity index (χ2n) is 7.02. The van der Waals surface area contributed by atoms with Crippen LogP contribution in [0.4, 0.5) is 5.69 Å². The average Bonchev–Trinajstić information content (AvgIpc) is 3.28. The number of benzene rings is 1. The number of methoxy groups -OCH3 is 1. The zero-order valence-electron chi connectivity index (χ0n) is 14.9. The summed E-state index contributed by atoms with van der Waals surface area (Å²) >= 11 is 0. The van der Waals surface area contributed by atoms with Crippen molar-refractivity contribution < 1.29 is 14.3 Å². The van der Waals surface area contributed by atoms with E-state index in [1.165, 1.54) is 0 Å². The quantitative estimate of drug-likeness (QED) is 0.815. The van der Waals surface area contributed by atoms with Gasteiger partial charge in [-0.2, -0.15) is 0 Å². The Kier molecular flexibility index (Phi) is 4.37. The maximum absolute atomic E-state index is 12.5. The smallest absolute Gasteiger partial charge is 0.228 e. The van der Waals surface area contributed by atoms with Gasteiger partial charge < -0.3 is 14.8 Å². The van der Waals surface area contributed by atoms with Crippen LogP contribution in [0.5, 0.6) is 17.4 Å². The Labute approximate surface area is 153 Å². The summed E-state index contributed by atoms with van der Waals surface area (Å²) in [5, 5.41) is 2.97. The number of rotatable bonds is 5. The van der Waals surface area contributed by atoms with E-state index in [1.54, 1.807) is 19.4 Å². The molecule has 0 saturated heterocycles. The molecule has 2 aromatic rings. The summed E-state index contributed by atoms with van der Waals surface area (Å²) in [4.78, 5) is 16.8. The molecule has 0 spiro atoms. The predicted octanol–water partition coefficient (Wildman–Crippen LogP) is 4.34. The number of hydrogen-bond donors (Lipinski definition) is 1. The molecular formula is C21H22N2O3. The van der Waals surface area contributed by atoms with Gasteiger partial charge in [-0.05, 0) is 55.4 Å². The molecule has 5 heteroatoms. The molecule has 1 saturated carbocycles. The molecule has 1 aromatic heterocycles. The zero-order valence-corrected chi connectivity index (χ0v) is 14.9. The minimum absolute atomic E-state index is 0.0810. The van der Waals surface area contributed by atoms with Crippen molar-refractivity contribution in [2.24, 2.45) is 17.8 Å². The molecule has 0 radical (unpaired) electrons. The van der Waals surface area contributed by atoms with Crippen molar-refractivity contribution >= 4 is 11.6 Å². The summed E-state index contributed by atoms with van der Waals surface area (Å²) in [6.45, 7) is 1.99. The Bertz CT molecular complexity index is 845. The van der Waals surface area contributed by atoms with Crippen LogP contribution < -0.4 is 14.8 Å². The molecule has 5 nitrogen and oxygen atoms in total. The van der Waals surface area contributed by atoms with Gasteiger partial charge in [0.15, 0.2) is 11.5 Å². The van der Waals surface area contributed by atoms with Crippen LogP contribution in [-0.4, -0.2) is 18.0 Å². The summed E-state index contributed by atoms with van der Waals surface area (Å²) in [7, 11) is 1.61. The number of aromatic nitrogens is 1.